The van der Waals surface area contributed by atoms with Crippen LogP contribution in [0.3, 0.4) is 0 Å². The Kier molecular flexibility index (Phi) is 3.47. The number of primary sulfonamides is 1. The van der Waals surface area contributed by atoms with Crippen LogP contribution in [-0.2, 0) is 10.0 Å². The van der Waals surface area contributed by atoms with Crippen LogP contribution in [0.1, 0.15) is 16.7 Å². The Morgan fingerprint density at radius 2 is 1.53 bits per heavy atom. The van der Waals surface area contributed by atoms with Gasteiger partial charge in [0, 0.05) is 0 Å². The van der Waals surface area contributed by atoms with E-state index in [2.05, 4.69) is 0 Å². The van der Waals surface area contributed by atoms with Crippen molar-refractivity contribution in [2.24, 2.45) is 5.14 Å². The molecular weight excluding hydrogens is 258 g/mol. The minimum atomic E-state index is -3.69. The smallest absolute Gasteiger partial charge is 0.225 e. The molecule has 0 aliphatic heterocycles. The predicted octanol–water partition coefficient (Wildman–Crippen LogP) is 2.93. The van der Waals surface area contributed by atoms with E-state index in [4.69, 9.17) is 5.14 Å². The first kappa shape index (κ1) is 13.8. The van der Waals surface area contributed by atoms with Crippen molar-refractivity contribution in [2.45, 2.75) is 25.7 Å². The van der Waals surface area contributed by atoms with Crippen LogP contribution in [0.15, 0.2) is 41.3 Å². The van der Waals surface area contributed by atoms with E-state index in [1.54, 1.807) is 13.8 Å². The van der Waals surface area contributed by atoms with E-state index in [9.17, 15) is 8.42 Å². The number of rotatable bonds is 2. The molecule has 0 aromatic heterocycles. The third kappa shape index (κ3) is 2.55. The summed E-state index contributed by atoms with van der Waals surface area (Å²) in [5.41, 5.74) is 4.47. The third-order valence-electron chi connectivity index (χ3n) is 3.40. The van der Waals surface area contributed by atoms with Gasteiger partial charge in [-0.15, -0.1) is 0 Å². The first-order chi connectivity index (χ1) is 8.82. The molecule has 0 aliphatic rings. The van der Waals surface area contributed by atoms with Crippen LogP contribution < -0.4 is 5.14 Å². The van der Waals surface area contributed by atoms with Gasteiger partial charge >= 0.3 is 0 Å². The molecule has 4 heteroatoms. The molecule has 100 valence electrons. The molecule has 0 atom stereocenters. The molecule has 0 fully saturated rings. The number of benzene rings is 2. The molecule has 0 amide bonds. The van der Waals surface area contributed by atoms with Gasteiger partial charge in [0.25, 0.3) is 0 Å². The van der Waals surface area contributed by atoms with Crippen molar-refractivity contribution in [1.29, 1.82) is 0 Å². The lowest BCUT2D eigenvalue weighted by Crippen LogP contribution is -2.16. The molecule has 0 radical (unpaired) electrons. The molecule has 0 saturated heterocycles. The molecule has 0 spiro atoms. The van der Waals surface area contributed by atoms with Gasteiger partial charge in [-0.05, 0) is 54.7 Å². The molecule has 0 unspecified atom stereocenters. The van der Waals surface area contributed by atoms with Crippen molar-refractivity contribution in [2.75, 3.05) is 0 Å². The monoisotopic (exact) mass is 275 g/mol. The summed E-state index contributed by atoms with van der Waals surface area (Å²) in [5.74, 6) is 0. The van der Waals surface area contributed by atoms with Crippen LogP contribution in [0.2, 0.25) is 0 Å². The van der Waals surface area contributed by atoms with Crippen LogP contribution in [0.25, 0.3) is 11.1 Å². The van der Waals surface area contributed by atoms with Gasteiger partial charge in [0.05, 0.1) is 4.90 Å². The van der Waals surface area contributed by atoms with E-state index >= 15 is 0 Å². The average Bonchev–Trinajstić information content (AvgIpc) is 2.33. The molecule has 2 aromatic rings. The molecule has 2 rings (SSSR count). The summed E-state index contributed by atoms with van der Waals surface area (Å²) < 4.78 is 23.3. The first-order valence-corrected chi connectivity index (χ1v) is 7.56. The topological polar surface area (TPSA) is 60.2 Å². The SMILES string of the molecule is Cc1cc(-c2ccccc2)c(C)c(C)c1S(N)(=O)=O. The predicted molar refractivity (Wildman–Crippen MR) is 77.5 cm³/mol. The minimum Gasteiger partial charge on any atom is -0.225 e. The zero-order valence-corrected chi connectivity index (χ0v) is 12.1. The van der Waals surface area contributed by atoms with Crippen molar-refractivity contribution in [3.05, 3.63) is 53.1 Å². The standard InChI is InChI=1S/C15H17NO2S/c1-10-9-14(13-7-5-4-6-8-13)11(2)12(3)15(10)19(16,17)18/h4-9H,1-3H3,(H2,16,17,18). The van der Waals surface area contributed by atoms with Crippen molar-refractivity contribution < 1.29 is 8.42 Å². The Hall–Kier alpha value is -1.65. The molecule has 19 heavy (non-hydrogen) atoms. The highest BCUT2D eigenvalue weighted by atomic mass is 32.2. The minimum absolute atomic E-state index is 0.240. The summed E-state index contributed by atoms with van der Waals surface area (Å²) in [7, 11) is -3.69. The number of sulfonamides is 1. The largest absolute Gasteiger partial charge is 0.238 e. The van der Waals surface area contributed by atoms with Gasteiger partial charge in [-0.3, -0.25) is 0 Å². The molecule has 0 bridgehead atoms. The lowest BCUT2D eigenvalue weighted by atomic mass is 9.95. The van der Waals surface area contributed by atoms with Crippen molar-refractivity contribution in [1.82, 2.24) is 0 Å². The Balaban J connectivity index is 2.77. The maximum atomic E-state index is 11.7. The Labute approximate surface area is 114 Å². The second kappa shape index (κ2) is 4.79. The highest BCUT2D eigenvalue weighted by Crippen LogP contribution is 2.31. The summed E-state index contributed by atoms with van der Waals surface area (Å²) in [4.78, 5) is 0.240. The fourth-order valence-electron chi connectivity index (χ4n) is 2.41. The van der Waals surface area contributed by atoms with Gasteiger partial charge in [-0.2, -0.15) is 0 Å². The quantitative estimate of drug-likeness (QED) is 0.916. The normalized spacial score (nSPS) is 11.6. The van der Waals surface area contributed by atoms with E-state index < -0.39 is 10.0 Å². The van der Waals surface area contributed by atoms with E-state index in [-0.39, 0.29) is 4.90 Å². The molecule has 0 heterocycles. The zero-order valence-electron chi connectivity index (χ0n) is 11.3. The molecule has 0 aliphatic carbocycles. The van der Waals surface area contributed by atoms with Gasteiger partial charge in [0.2, 0.25) is 10.0 Å². The van der Waals surface area contributed by atoms with Gasteiger partial charge in [-0.25, -0.2) is 13.6 Å². The third-order valence-corrected chi connectivity index (χ3v) is 4.59. The Bertz CT molecular complexity index is 720. The highest BCUT2D eigenvalue weighted by molar-refractivity contribution is 7.89. The maximum Gasteiger partial charge on any atom is 0.238 e. The van der Waals surface area contributed by atoms with Gasteiger partial charge in [-0.1, -0.05) is 30.3 Å². The molecule has 2 aromatic carbocycles. The Morgan fingerprint density at radius 3 is 2.05 bits per heavy atom. The summed E-state index contributed by atoms with van der Waals surface area (Å²) in [6, 6.07) is 11.8. The summed E-state index contributed by atoms with van der Waals surface area (Å²) in [5, 5.41) is 5.29. The van der Waals surface area contributed by atoms with Gasteiger partial charge in [0.15, 0.2) is 0 Å². The van der Waals surface area contributed by atoms with E-state index in [1.807, 2.05) is 43.3 Å². The highest BCUT2D eigenvalue weighted by Gasteiger charge is 2.19. The van der Waals surface area contributed by atoms with Crippen LogP contribution in [0.5, 0.6) is 0 Å². The number of aryl methyl sites for hydroxylation is 1. The zero-order chi connectivity index (χ0) is 14.2. The lowest BCUT2D eigenvalue weighted by molar-refractivity contribution is 0.596. The number of hydrogen-bond donors (Lipinski definition) is 1. The molecule has 0 saturated carbocycles. The molecular formula is C15H17NO2S. The van der Waals surface area contributed by atoms with Gasteiger partial charge < -0.3 is 0 Å². The van der Waals surface area contributed by atoms with E-state index in [0.29, 0.717) is 5.56 Å². The van der Waals surface area contributed by atoms with Gasteiger partial charge in [0.1, 0.15) is 0 Å². The average molecular weight is 275 g/mol. The fourth-order valence-corrected chi connectivity index (χ4v) is 3.50. The lowest BCUT2D eigenvalue weighted by Gasteiger charge is -2.15. The summed E-state index contributed by atoms with van der Waals surface area (Å²) in [6.45, 7) is 5.50. The van der Waals surface area contributed by atoms with Crippen molar-refractivity contribution >= 4 is 10.0 Å². The van der Waals surface area contributed by atoms with Crippen molar-refractivity contribution in [3.63, 3.8) is 0 Å². The van der Waals surface area contributed by atoms with E-state index in [1.165, 1.54) is 0 Å². The van der Waals surface area contributed by atoms with Crippen LogP contribution in [0, 0.1) is 20.8 Å². The first-order valence-electron chi connectivity index (χ1n) is 6.01. The van der Waals surface area contributed by atoms with E-state index in [0.717, 1.165) is 22.3 Å². The number of hydrogen-bond acceptors (Lipinski definition) is 2. The Morgan fingerprint density at radius 1 is 0.947 bits per heavy atom. The number of nitrogens with two attached hydrogens (primary N) is 1. The van der Waals surface area contributed by atoms with Crippen LogP contribution in [0.4, 0.5) is 0 Å². The second-order valence-electron chi connectivity index (χ2n) is 4.73. The molecule has 3 nitrogen and oxygen atoms in total. The van der Waals surface area contributed by atoms with Crippen molar-refractivity contribution in [3.8, 4) is 11.1 Å². The second-order valence-corrected chi connectivity index (χ2v) is 6.23. The maximum absolute atomic E-state index is 11.7. The summed E-state index contributed by atoms with van der Waals surface area (Å²) >= 11 is 0. The summed E-state index contributed by atoms with van der Waals surface area (Å²) in [6.07, 6.45) is 0. The van der Waals surface area contributed by atoms with Crippen LogP contribution in [-0.4, -0.2) is 8.42 Å². The molecule has 2 N–H and O–H groups in total. The fraction of sp³-hybridized carbons (Fsp3) is 0.200. The van der Waals surface area contributed by atoms with Crippen LogP contribution >= 0.6 is 0 Å².